The maximum absolute atomic E-state index is 12.6. The molecule has 1 aliphatic heterocycles. The van der Waals surface area contributed by atoms with Crippen LogP contribution < -0.4 is 4.90 Å². The molecule has 1 aromatic carbocycles. The molecule has 0 bridgehead atoms. The van der Waals surface area contributed by atoms with Crippen LogP contribution in [-0.4, -0.2) is 40.5 Å². The van der Waals surface area contributed by atoms with E-state index in [1.807, 2.05) is 30.8 Å². The third kappa shape index (κ3) is 3.38. The second kappa shape index (κ2) is 6.86. The van der Waals surface area contributed by atoms with E-state index in [2.05, 4.69) is 28.1 Å². The van der Waals surface area contributed by atoms with E-state index in [4.69, 9.17) is 0 Å². The first-order valence-electron chi connectivity index (χ1n) is 8.22. The number of amides is 1. The van der Waals surface area contributed by atoms with Crippen molar-refractivity contribution in [3.63, 3.8) is 0 Å². The number of likely N-dealkylation sites (N-methyl/N-ethyl adjacent to an activating group) is 1. The molecule has 122 valence electrons. The van der Waals surface area contributed by atoms with Crippen molar-refractivity contribution >= 4 is 11.6 Å². The quantitative estimate of drug-likeness (QED) is 0.852. The van der Waals surface area contributed by atoms with Gasteiger partial charge in [-0.1, -0.05) is 18.2 Å². The van der Waals surface area contributed by atoms with E-state index in [0.717, 1.165) is 13.1 Å². The highest BCUT2D eigenvalue weighted by atomic mass is 16.2. The van der Waals surface area contributed by atoms with E-state index in [1.165, 1.54) is 24.1 Å². The minimum Gasteiger partial charge on any atom is -0.371 e. The summed E-state index contributed by atoms with van der Waals surface area (Å²) in [4.78, 5) is 20.9. The van der Waals surface area contributed by atoms with Crippen LogP contribution >= 0.6 is 0 Å². The summed E-state index contributed by atoms with van der Waals surface area (Å²) in [5.74, 6) is 0.0965. The lowest BCUT2D eigenvalue weighted by Gasteiger charge is -2.26. The van der Waals surface area contributed by atoms with Crippen molar-refractivity contribution in [1.29, 1.82) is 0 Å². The second-order valence-electron chi connectivity index (χ2n) is 6.20. The van der Waals surface area contributed by atoms with Crippen LogP contribution in [0.3, 0.4) is 0 Å². The molecule has 5 heteroatoms. The van der Waals surface area contributed by atoms with E-state index >= 15 is 0 Å². The third-order valence-corrected chi connectivity index (χ3v) is 4.55. The predicted molar refractivity (Wildman–Crippen MR) is 91.3 cm³/mol. The fraction of sp³-hybridized carbons (Fsp3) is 0.444. The Morgan fingerprint density at radius 1 is 1.30 bits per heavy atom. The first-order chi connectivity index (χ1) is 11.2. The number of imidazole rings is 1. The highest BCUT2D eigenvalue weighted by Gasteiger charge is 2.21. The van der Waals surface area contributed by atoms with Gasteiger partial charge < -0.3 is 14.4 Å². The molecule has 0 aliphatic carbocycles. The van der Waals surface area contributed by atoms with Crippen LogP contribution in [0.15, 0.2) is 43.0 Å². The van der Waals surface area contributed by atoms with Gasteiger partial charge in [0.2, 0.25) is 5.91 Å². The van der Waals surface area contributed by atoms with E-state index < -0.39 is 0 Å². The molecule has 0 spiro atoms. The van der Waals surface area contributed by atoms with E-state index in [0.29, 0.717) is 6.54 Å². The lowest BCUT2D eigenvalue weighted by molar-refractivity contribution is -0.133. The van der Waals surface area contributed by atoms with Crippen molar-refractivity contribution < 1.29 is 4.79 Å². The monoisotopic (exact) mass is 312 g/mol. The maximum atomic E-state index is 12.6. The van der Waals surface area contributed by atoms with Gasteiger partial charge in [-0.3, -0.25) is 4.79 Å². The van der Waals surface area contributed by atoms with Gasteiger partial charge in [0.05, 0.1) is 6.33 Å². The Kier molecular flexibility index (Phi) is 4.65. The number of anilines is 1. The molecule has 1 atom stereocenters. The number of nitrogens with zero attached hydrogens (tertiary/aromatic N) is 4. The normalized spacial score (nSPS) is 15.7. The van der Waals surface area contributed by atoms with Gasteiger partial charge in [-0.25, -0.2) is 4.98 Å². The molecule has 0 unspecified atom stereocenters. The van der Waals surface area contributed by atoms with Crippen molar-refractivity contribution in [1.82, 2.24) is 14.5 Å². The first-order valence-corrected chi connectivity index (χ1v) is 8.22. The van der Waals surface area contributed by atoms with Crippen LogP contribution in [-0.2, 0) is 11.3 Å². The summed E-state index contributed by atoms with van der Waals surface area (Å²) in [7, 11) is 1.87. The van der Waals surface area contributed by atoms with Gasteiger partial charge in [0.15, 0.2) is 0 Å². The lowest BCUT2D eigenvalue weighted by atomic mass is 10.1. The summed E-state index contributed by atoms with van der Waals surface area (Å²) in [6.45, 7) is 4.76. The molecule has 2 aromatic rings. The zero-order valence-corrected chi connectivity index (χ0v) is 13.9. The molecule has 1 aromatic heterocycles. The molecular formula is C18H24N4O. The van der Waals surface area contributed by atoms with Crippen molar-refractivity contribution in [2.45, 2.75) is 32.4 Å². The highest BCUT2D eigenvalue weighted by Crippen LogP contribution is 2.25. The molecule has 5 nitrogen and oxygen atoms in total. The lowest BCUT2D eigenvalue weighted by Crippen LogP contribution is -2.33. The molecule has 23 heavy (non-hydrogen) atoms. The molecule has 0 N–H and O–H groups in total. The molecule has 3 rings (SSSR count). The summed E-state index contributed by atoms with van der Waals surface area (Å²) >= 11 is 0. The SMILES string of the molecule is C[C@@H](C(=O)N(C)Cc1ccccc1N1CCCC1)n1ccnc1. The smallest absolute Gasteiger partial charge is 0.245 e. The van der Waals surface area contributed by atoms with Gasteiger partial charge in [-0.15, -0.1) is 0 Å². The maximum Gasteiger partial charge on any atom is 0.245 e. The predicted octanol–water partition coefficient (Wildman–Crippen LogP) is 2.70. The number of aromatic nitrogens is 2. The average Bonchev–Trinajstić information content (AvgIpc) is 3.27. The zero-order chi connectivity index (χ0) is 16.2. The molecule has 0 radical (unpaired) electrons. The van der Waals surface area contributed by atoms with Crippen LogP contribution in [0, 0.1) is 0 Å². The fourth-order valence-corrected chi connectivity index (χ4v) is 3.19. The number of para-hydroxylation sites is 1. The summed E-state index contributed by atoms with van der Waals surface area (Å²) in [5.41, 5.74) is 2.48. The summed E-state index contributed by atoms with van der Waals surface area (Å²) in [6, 6.07) is 8.18. The Bertz CT molecular complexity index is 647. The zero-order valence-electron chi connectivity index (χ0n) is 13.9. The highest BCUT2D eigenvalue weighted by molar-refractivity contribution is 5.80. The number of carbonyl (C=O) groups excluding carboxylic acids is 1. The van der Waals surface area contributed by atoms with E-state index in [1.54, 1.807) is 17.4 Å². The van der Waals surface area contributed by atoms with E-state index in [-0.39, 0.29) is 11.9 Å². The number of carbonyl (C=O) groups is 1. The number of hydrogen-bond acceptors (Lipinski definition) is 3. The number of benzene rings is 1. The van der Waals surface area contributed by atoms with Crippen LogP contribution in [0.1, 0.15) is 31.4 Å². The molecular weight excluding hydrogens is 288 g/mol. The minimum atomic E-state index is -0.235. The van der Waals surface area contributed by atoms with Gasteiger partial charge in [0.25, 0.3) is 0 Å². The Morgan fingerprint density at radius 3 is 2.74 bits per heavy atom. The van der Waals surface area contributed by atoms with Crippen LogP contribution in [0.25, 0.3) is 0 Å². The van der Waals surface area contributed by atoms with Gasteiger partial charge in [0.1, 0.15) is 6.04 Å². The van der Waals surface area contributed by atoms with Crippen molar-refractivity contribution in [2.24, 2.45) is 0 Å². The molecule has 2 heterocycles. The molecule has 1 amide bonds. The van der Waals surface area contributed by atoms with Gasteiger partial charge >= 0.3 is 0 Å². The molecule has 1 saturated heterocycles. The Labute approximate surface area is 137 Å². The summed E-state index contributed by atoms with van der Waals surface area (Å²) < 4.78 is 1.84. The summed E-state index contributed by atoms with van der Waals surface area (Å²) in [6.07, 6.45) is 7.72. The molecule has 1 aliphatic rings. The van der Waals surface area contributed by atoms with Gasteiger partial charge in [-0.2, -0.15) is 0 Å². The van der Waals surface area contributed by atoms with E-state index in [9.17, 15) is 4.79 Å². The standard InChI is InChI=1S/C18H24N4O/c1-15(22-12-9-19-14-22)18(23)20(2)13-16-7-3-4-8-17(16)21-10-5-6-11-21/h3-4,7-9,12,14-15H,5-6,10-11,13H2,1-2H3/t15-/m0/s1. The Hall–Kier alpha value is -2.30. The topological polar surface area (TPSA) is 41.4 Å². The van der Waals surface area contributed by atoms with Crippen LogP contribution in [0.5, 0.6) is 0 Å². The van der Waals surface area contributed by atoms with Crippen molar-refractivity contribution in [3.05, 3.63) is 48.5 Å². The largest absolute Gasteiger partial charge is 0.371 e. The van der Waals surface area contributed by atoms with Crippen molar-refractivity contribution in [2.75, 3.05) is 25.0 Å². The van der Waals surface area contributed by atoms with Crippen molar-refractivity contribution in [3.8, 4) is 0 Å². The third-order valence-electron chi connectivity index (χ3n) is 4.55. The summed E-state index contributed by atoms with van der Waals surface area (Å²) in [5, 5.41) is 0. The Balaban J connectivity index is 1.72. The Morgan fingerprint density at radius 2 is 2.04 bits per heavy atom. The second-order valence-corrected chi connectivity index (χ2v) is 6.20. The first kappa shape index (κ1) is 15.6. The molecule has 0 saturated carbocycles. The fourth-order valence-electron chi connectivity index (χ4n) is 3.19. The van der Waals surface area contributed by atoms with Gasteiger partial charge in [0, 0.05) is 44.8 Å². The number of hydrogen-bond donors (Lipinski definition) is 0. The van der Waals surface area contributed by atoms with Crippen LogP contribution in [0.4, 0.5) is 5.69 Å². The minimum absolute atomic E-state index is 0.0965. The average molecular weight is 312 g/mol. The number of rotatable bonds is 5. The van der Waals surface area contributed by atoms with Gasteiger partial charge in [-0.05, 0) is 31.4 Å². The molecule has 1 fully saturated rings. The van der Waals surface area contributed by atoms with Crippen LogP contribution in [0.2, 0.25) is 0 Å².